The summed E-state index contributed by atoms with van der Waals surface area (Å²) in [5, 5.41) is 23.6. The van der Waals surface area contributed by atoms with Crippen LogP contribution in [0.15, 0.2) is 36.7 Å². The van der Waals surface area contributed by atoms with Crippen molar-refractivity contribution in [3.63, 3.8) is 0 Å². The monoisotopic (exact) mass is 826 g/mol. The Bertz CT molecular complexity index is 1780. The number of nitrogen functional groups attached to an aromatic ring is 1. The van der Waals surface area contributed by atoms with E-state index in [1.807, 2.05) is 6.07 Å². The number of phosphoric acid groups is 1. The summed E-state index contributed by atoms with van der Waals surface area (Å²) < 4.78 is 57.1. The highest BCUT2D eigenvalue weighted by molar-refractivity contribution is 7.47. The zero-order valence-corrected chi connectivity index (χ0v) is 35.2. The first-order valence-electron chi connectivity index (χ1n) is 21.4. The van der Waals surface area contributed by atoms with Crippen LogP contribution in [0.4, 0.5) is 10.2 Å². The van der Waals surface area contributed by atoms with Crippen LogP contribution in [0.5, 0.6) is 0 Å². The van der Waals surface area contributed by atoms with Gasteiger partial charge in [-0.05, 0) is 55.2 Å². The summed E-state index contributed by atoms with van der Waals surface area (Å²) >= 11 is 0. The van der Waals surface area contributed by atoms with Gasteiger partial charge in [-0.2, -0.15) is 15.6 Å². The second-order valence-electron chi connectivity index (χ2n) is 15.4. The van der Waals surface area contributed by atoms with E-state index in [2.05, 4.69) is 23.1 Å². The molecule has 0 radical (unpaired) electrons. The molecule has 1 unspecified atom stereocenters. The van der Waals surface area contributed by atoms with E-state index in [-0.39, 0.29) is 37.8 Å². The van der Waals surface area contributed by atoms with Gasteiger partial charge in [0.2, 0.25) is 0 Å². The molecule has 1 fully saturated rings. The largest absolute Gasteiger partial charge is 0.472 e. The molecule has 1 saturated heterocycles. The smallest absolute Gasteiger partial charge is 0.382 e. The quantitative estimate of drug-likeness (QED) is 0.0462. The highest BCUT2D eigenvalue weighted by atomic mass is 31.2. The Labute approximate surface area is 344 Å². The Balaban J connectivity index is 1.13. The van der Waals surface area contributed by atoms with Gasteiger partial charge in [0.1, 0.15) is 29.8 Å². The van der Waals surface area contributed by atoms with Crippen molar-refractivity contribution in [2.24, 2.45) is 0 Å². The molecule has 3 aromatic rings. The van der Waals surface area contributed by atoms with Crippen molar-refractivity contribution < 1.29 is 37.1 Å². The lowest BCUT2D eigenvalue weighted by molar-refractivity contribution is -0.0560. The van der Waals surface area contributed by atoms with E-state index < -0.39 is 31.4 Å². The number of anilines is 1. The molecule has 13 nitrogen and oxygen atoms in total. The lowest BCUT2D eigenvalue weighted by Crippen LogP contribution is -2.28. The summed E-state index contributed by atoms with van der Waals surface area (Å²) in [6, 6.07) is 11.5. The van der Waals surface area contributed by atoms with Crippen molar-refractivity contribution in [2.75, 3.05) is 32.2 Å². The van der Waals surface area contributed by atoms with Crippen molar-refractivity contribution >= 4 is 19.2 Å². The molecule has 3 heterocycles. The van der Waals surface area contributed by atoms with Gasteiger partial charge >= 0.3 is 7.82 Å². The third kappa shape index (κ3) is 16.3. The van der Waals surface area contributed by atoms with Crippen LogP contribution in [0.3, 0.4) is 0 Å². The second kappa shape index (κ2) is 25.9. The SMILES string of the molecule is CCCCCCCCCCCCCCCCCCCCOC[C@H](COP(=O)(O)OC[C@@H]1CC[C@](C#N)(c2ccc3c(N)ncnn23)O1)OCc1cc(F)cc(C#N)c1. The average molecular weight is 827 g/mol. The predicted octanol–water partition coefficient (Wildman–Crippen LogP) is 10.00. The number of nitriles is 2. The highest BCUT2D eigenvalue weighted by Gasteiger charge is 2.45. The number of aromatic nitrogens is 3. The third-order valence-corrected chi connectivity index (χ3v) is 11.6. The molecule has 320 valence electrons. The number of fused-ring (bicyclic) bond motifs is 1. The molecule has 2 aromatic heterocycles. The van der Waals surface area contributed by atoms with Crippen molar-refractivity contribution in [1.29, 1.82) is 10.5 Å². The lowest BCUT2D eigenvalue weighted by Gasteiger charge is -2.23. The minimum absolute atomic E-state index is 0.0646. The summed E-state index contributed by atoms with van der Waals surface area (Å²) in [4.78, 5) is 14.5. The maximum atomic E-state index is 14.1. The minimum Gasteiger partial charge on any atom is -0.382 e. The van der Waals surface area contributed by atoms with Gasteiger partial charge < -0.3 is 24.8 Å². The zero-order chi connectivity index (χ0) is 41.5. The van der Waals surface area contributed by atoms with Crippen molar-refractivity contribution in [2.45, 2.75) is 160 Å². The third-order valence-electron chi connectivity index (χ3n) is 10.6. The first kappa shape index (κ1) is 47.2. The fourth-order valence-corrected chi connectivity index (χ4v) is 8.12. The molecule has 0 amide bonds. The number of halogens is 1. The van der Waals surface area contributed by atoms with Crippen LogP contribution in [-0.2, 0) is 40.0 Å². The number of nitrogens with zero attached hydrogens (tertiary/aromatic N) is 5. The molecule has 58 heavy (non-hydrogen) atoms. The molecule has 15 heteroatoms. The van der Waals surface area contributed by atoms with Crippen molar-refractivity contribution in [3.8, 4) is 12.1 Å². The van der Waals surface area contributed by atoms with Gasteiger partial charge in [0.15, 0.2) is 11.4 Å². The number of rotatable bonds is 31. The summed E-state index contributed by atoms with van der Waals surface area (Å²) in [5.74, 6) is -0.312. The van der Waals surface area contributed by atoms with Crippen LogP contribution in [-0.4, -0.2) is 58.1 Å². The van der Waals surface area contributed by atoms with Gasteiger partial charge in [-0.3, -0.25) is 9.05 Å². The van der Waals surface area contributed by atoms with E-state index >= 15 is 0 Å². The van der Waals surface area contributed by atoms with Crippen molar-refractivity contribution in [3.05, 3.63) is 59.3 Å². The first-order valence-corrected chi connectivity index (χ1v) is 22.9. The van der Waals surface area contributed by atoms with Gasteiger partial charge in [0.05, 0.1) is 49.9 Å². The number of benzene rings is 1. The summed E-state index contributed by atoms with van der Waals surface area (Å²) in [5.41, 5.74) is 6.17. The highest BCUT2D eigenvalue weighted by Crippen LogP contribution is 2.46. The molecule has 4 atom stereocenters. The predicted molar refractivity (Wildman–Crippen MR) is 220 cm³/mol. The Hall–Kier alpha value is -3.46. The molecule has 1 aliphatic rings. The van der Waals surface area contributed by atoms with Crippen LogP contribution in [0.2, 0.25) is 0 Å². The topological polar surface area (TPSA) is 187 Å². The van der Waals surface area contributed by atoms with Crippen molar-refractivity contribution in [1.82, 2.24) is 14.6 Å². The van der Waals surface area contributed by atoms with E-state index in [4.69, 9.17) is 29.0 Å². The van der Waals surface area contributed by atoms with Crippen LogP contribution in [0.25, 0.3) is 5.52 Å². The average Bonchev–Trinajstić information content (AvgIpc) is 3.86. The van der Waals surface area contributed by atoms with E-state index in [1.54, 1.807) is 12.1 Å². The Morgan fingerprint density at radius 3 is 2.21 bits per heavy atom. The van der Waals surface area contributed by atoms with Gasteiger partial charge in [0.25, 0.3) is 0 Å². The molecule has 0 spiro atoms. The summed E-state index contributed by atoms with van der Waals surface area (Å²) in [6.07, 6.45) is 23.7. The molecule has 4 rings (SSSR count). The maximum Gasteiger partial charge on any atom is 0.472 e. The molecule has 3 N–H and O–H groups in total. The Morgan fingerprint density at radius 2 is 1.59 bits per heavy atom. The van der Waals surface area contributed by atoms with Gasteiger partial charge in [0, 0.05) is 6.61 Å². The van der Waals surface area contributed by atoms with E-state index in [0.717, 1.165) is 25.3 Å². The number of nitrogens with two attached hydrogens (primary N) is 1. The maximum absolute atomic E-state index is 14.1. The van der Waals surface area contributed by atoms with Crippen LogP contribution in [0, 0.1) is 28.5 Å². The number of hydrogen-bond acceptors (Lipinski definition) is 11. The molecule has 1 aromatic carbocycles. The van der Waals surface area contributed by atoms with Gasteiger partial charge in [-0.15, -0.1) is 0 Å². The Kier molecular flexibility index (Phi) is 21.1. The fourth-order valence-electron chi connectivity index (χ4n) is 7.34. The van der Waals surface area contributed by atoms with E-state index in [0.29, 0.717) is 36.2 Å². The number of ether oxygens (including phenoxy) is 3. The summed E-state index contributed by atoms with van der Waals surface area (Å²) in [7, 11) is -4.60. The van der Waals surface area contributed by atoms with Gasteiger partial charge in [-0.25, -0.2) is 18.5 Å². The fraction of sp³-hybridized carbons (Fsp3) is 0.674. The molecule has 0 aliphatic carbocycles. The van der Waals surface area contributed by atoms with Crippen LogP contribution >= 0.6 is 7.82 Å². The Morgan fingerprint density at radius 1 is 0.948 bits per heavy atom. The standard InChI is InChI=1S/C43H64FN6O7P/c1-2-3-4-5-6-7-8-9-10-11-12-13-14-15-16-17-18-19-24-53-30-39(54-29-36-25-35(28-45)26-37(44)27-36)32-56-58(51,52)55-31-38-22-23-43(33-46,57-38)41-21-20-40-42(47)48-34-49-50(40)41/h20-21,25-27,34,38-39H,2-19,22-24,29-32H2,1H3,(H,51,52)(H2,47,48,49)/t38-,39+,43-/m0/s1. The van der Waals surface area contributed by atoms with E-state index in [1.165, 1.54) is 119 Å². The van der Waals surface area contributed by atoms with Gasteiger partial charge in [-0.1, -0.05) is 116 Å². The lowest BCUT2D eigenvalue weighted by atomic mass is 9.98. The zero-order valence-electron chi connectivity index (χ0n) is 34.3. The van der Waals surface area contributed by atoms with E-state index in [9.17, 15) is 24.4 Å². The number of phosphoric ester groups is 1. The van der Waals surface area contributed by atoms with Crippen LogP contribution in [0.1, 0.15) is 152 Å². The number of unbranched alkanes of at least 4 members (excludes halogenated alkanes) is 17. The molecule has 0 bridgehead atoms. The second-order valence-corrected chi connectivity index (χ2v) is 16.9. The number of hydrogen-bond donors (Lipinski definition) is 2. The molecule has 1 aliphatic heterocycles. The molecular weight excluding hydrogens is 762 g/mol. The first-order chi connectivity index (χ1) is 28.2. The minimum atomic E-state index is -4.60. The normalized spacial score (nSPS) is 18.3. The molecular formula is C43H64FN6O7P. The summed E-state index contributed by atoms with van der Waals surface area (Å²) in [6.45, 7) is 2.09. The molecule has 0 saturated carbocycles. The van der Waals surface area contributed by atoms with Crippen LogP contribution < -0.4 is 5.73 Å².